The maximum Gasteiger partial charge on any atom is 0.121 e. The fourth-order valence-corrected chi connectivity index (χ4v) is 1.33. The molecule has 2 heteroatoms. The lowest BCUT2D eigenvalue weighted by Gasteiger charge is -2.19. The molecule has 0 aromatic heterocycles. The number of alkyl halides is 1. The molecule has 0 fully saturated rings. The van der Waals surface area contributed by atoms with Gasteiger partial charge in [-0.2, -0.15) is 0 Å². The van der Waals surface area contributed by atoms with Gasteiger partial charge < -0.3 is 4.74 Å². The minimum absolute atomic E-state index is 0.214. The summed E-state index contributed by atoms with van der Waals surface area (Å²) in [7, 11) is 0. The van der Waals surface area contributed by atoms with Crippen molar-refractivity contribution in [3.8, 4) is 0 Å². The number of hydrogen-bond acceptors (Lipinski definition) is 1. The van der Waals surface area contributed by atoms with E-state index >= 15 is 0 Å². The molecule has 0 saturated heterocycles. The molecule has 0 amide bonds. The van der Waals surface area contributed by atoms with Crippen LogP contribution in [0.15, 0.2) is 24.3 Å². The molecule has 0 aliphatic carbocycles. The zero-order valence-electron chi connectivity index (χ0n) is 9.01. The highest BCUT2D eigenvalue weighted by Gasteiger charge is 2.12. The van der Waals surface area contributed by atoms with Crippen molar-refractivity contribution in [3.63, 3.8) is 0 Å². The third-order valence-electron chi connectivity index (χ3n) is 2.17. The molecule has 1 aromatic carbocycles. The van der Waals surface area contributed by atoms with Crippen molar-refractivity contribution in [1.29, 1.82) is 0 Å². The van der Waals surface area contributed by atoms with Gasteiger partial charge in [-0.3, -0.25) is 0 Å². The van der Waals surface area contributed by atoms with Gasteiger partial charge in [-0.25, -0.2) is 0 Å². The second-order valence-electron chi connectivity index (χ2n) is 4.40. The first kappa shape index (κ1) is 11.5. The predicted molar refractivity (Wildman–Crippen MR) is 60.7 cm³/mol. The summed E-state index contributed by atoms with van der Waals surface area (Å²) in [6.45, 7) is 7.21. The van der Waals surface area contributed by atoms with Crippen LogP contribution in [-0.2, 0) is 16.8 Å². The van der Waals surface area contributed by atoms with Gasteiger partial charge >= 0.3 is 0 Å². The highest BCUT2D eigenvalue weighted by atomic mass is 35.5. The smallest absolute Gasteiger partial charge is 0.121 e. The van der Waals surface area contributed by atoms with Gasteiger partial charge in [-0.1, -0.05) is 56.6 Å². The van der Waals surface area contributed by atoms with Gasteiger partial charge in [0.25, 0.3) is 0 Å². The second kappa shape index (κ2) is 4.81. The maximum atomic E-state index is 5.43. The van der Waals surface area contributed by atoms with E-state index in [0.29, 0.717) is 6.61 Å². The van der Waals surface area contributed by atoms with Crippen molar-refractivity contribution in [2.24, 2.45) is 0 Å². The summed E-state index contributed by atoms with van der Waals surface area (Å²) in [5.74, 6) is 0. The largest absolute Gasteiger partial charge is 0.361 e. The van der Waals surface area contributed by atoms with Crippen molar-refractivity contribution >= 4 is 11.6 Å². The molecule has 0 atom stereocenters. The first-order valence-corrected chi connectivity index (χ1v) is 5.30. The van der Waals surface area contributed by atoms with E-state index in [2.05, 4.69) is 45.0 Å². The Kier molecular flexibility index (Phi) is 3.97. The molecule has 0 bridgehead atoms. The SMILES string of the molecule is CC(C)(C)c1ccc(COCCl)cc1. The van der Waals surface area contributed by atoms with Crippen molar-refractivity contribution in [1.82, 2.24) is 0 Å². The van der Waals surface area contributed by atoms with E-state index in [-0.39, 0.29) is 11.5 Å². The summed E-state index contributed by atoms with van der Waals surface area (Å²) in [6.07, 6.45) is 0. The Morgan fingerprint density at radius 3 is 2.14 bits per heavy atom. The topological polar surface area (TPSA) is 9.23 Å². The molecule has 0 unspecified atom stereocenters. The molecule has 1 nitrogen and oxygen atoms in total. The van der Waals surface area contributed by atoms with Gasteiger partial charge in [0.05, 0.1) is 6.61 Å². The van der Waals surface area contributed by atoms with Crippen molar-refractivity contribution < 1.29 is 4.74 Å². The van der Waals surface area contributed by atoms with E-state index in [0.717, 1.165) is 0 Å². The lowest BCUT2D eigenvalue weighted by atomic mass is 9.87. The van der Waals surface area contributed by atoms with Gasteiger partial charge in [0.15, 0.2) is 0 Å². The van der Waals surface area contributed by atoms with Crippen LogP contribution in [0.3, 0.4) is 0 Å². The van der Waals surface area contributed by atoms with Crippen LogP contribution in [0.5, 0.6) is 0 Å². The highest BCUT2D eigenvalue weighted by Crippen LogP contribution is 2.22. The van der Waals surface area contributed by atoms with Crippen LogP contribution >= 0.6 is 11.6 Å². The standard InChI is InChI=1S/C12H17ClO/c1-12(2,3)11-6-4-10(5-7-11)8-14-9-13/h4-7H,8-9H2,1-3H3. The third kappa shape index (κ3) is 3.32. The molecule has 0 heterocycles. The molecular weight excluding hydrogens is 196 g/mol. The summed E-state index contributed by atoms with van der Waals surface area (Å²) >= 11 is 5.43. The molecule has 0 aliphatic rings. The summed E-state index contributed by atoms with van der Waals surface area (Å²) in [4.78, 5) is 0. The van der Waals surface area contributed by atoms with Gasteiger partial charge in [0.1, 0.15) is 6.07 Å². The van der Waals surface area contributed by atoms with E-state index in [4.69, 9.17) is 16.3 Å². The van der Waals surface area contributed by atoms with Gasteiger partial charge in [0, 0.05) is 0 Å². The van der Waals surface area contributed by atoms with Gasteiger partial charge in [-0.05, 0) is 16.5 Å². The van der Waals surface area contributed by atoms with E-state index in [1.165, 1.54) is 11.1 Å². The summed E-state index contributed by atoms with van der Waals surface area (Å²) in [5, 5.41) is 0. The Hall–Kier alpha value is -0.530. The number of hydrogen-bond donors (Lipinski definition) is 0. The van der Waals surface area contributed by atoms with Crippen molar-refractivity contribution in [3.05, 3.63) is 35.4 Å². The van der Waals surface area contributed by atoms with Crippen molar-refractivity contribution in [2.75, 3.05) is 6.07 Å². The average molecular weight is 213 g/mol. The fourth-order valence-electron chi connectivity index (χ4n) is 1.26. The Morgan fingerprint density at radius 1 is 1.14 bits per heavy atom. The summed E-state index contributed by atoms with van der Waals surface area (Å²) < 4.78 is 5.11. The molecule has 14 heavy (non-hydrogen) atoms. The number of halogens is 1. The highest BCUT2D eigenvalue weighted by molar-refractivity contribution is 6.17. The minimum Gasteiger partial charge on any atom is -0.361 e. The zero-order chi connectivity index (χ0) is 10.6. The number of benzene rings is 1. The summed E-state index contributed by atoms with van der Waals surface area (Å²) in [6, 6.07) is 8.72. The lowest BCUT2D eigenvalue weighted by Crippen LogP contribution is -2.10. The van der Waals surface area contributed by atoms with E-state index in [9.17, 15) is 0 Å². The monoisotopic (exact) mass is 212 g/mol. The minimum atomic E-state index is 0.214. The van der Waals surface area contributed by atoms with Crippen LogP contribution in [0.2, 0.25) is 0 Å². The molecule has 0 aliphatic heterocycles. The van der Waals surface area contributed by atoms with Crippen LogP contribution in [0.1, 0.15) is 31.9 Å². The predicted octanol–water partition coefficient (Wildman–Crippen LogP) is 3.70. The molecule has 0 N–H and O–H groups in total. The first-order chi connectivity index (χ1) is 6.54. The van der Waals surface area contributed by atoms with Gasteiger partial charge in [0.2, 0.25) is 0 Å². The Morgan fingerprint density at radius 2 is 1.71 bits per heavy atom. The Bertz CT molecular complexity index is 271. The Balaban J connectivity index is 2.69. The molecule has 78 valence electrons. The normalized spacial score (nSPS) is 11.7. The van der Waals surface area contributed by atoms with E-state index < -0.39 is 0 Å². The third-order valence-corrected chi connectivity index (χ3v) is 2.32. The molecule has 0 radical (unpaired) electrons. The molecular formula is C12H17ClO. The molecule has 0 spiro atoms. The zero-order valence-corrected chi connectivity index (χ0v) is 9.77. The molecule has 1 aromatic rings. The van der Waals surface area contributed by atoms with E-state index in [1.54, 1.807) is 0 Å². The quantitative estimate of drug-likeness (QED) is 0.695. The van der Waals surface area contributed by atoms with Crippen LogP contribution in [0.25, 0.3) is 0 Å². The second-order valence-corrected chi connectivity index (χ2v) is 4.62. The average Bonchev–Trinajstić information content (AvgIpc) is 2.14. The number of ether oxygens (including phenoxy) is 1. The van der Waals surface area contributed by atoms with Crippen LogP contribution in [0, 0.1) is 0 Å². The van der Waals surface area contributed by atoms with Crippen LogP contribution in [0.4, 0.5) is 0 Å². The van der Waals surface area contributed by atoms with Gasteiger partial charge in [-0.15, -0.1) is 0 Å². The maximum absolute atomic E-state index is 5.43. The van der Waals surface area contributed by atoms with Crippen LogP contribution in [-0.4, -0.2) is 6.07 Å². The molecule has 1 rings (SSSR count). The number of rotatable bonds is 3. The Labute approximate surface area is 91.0 Å². The van der Waals surface area contributed by atoms with E-state index in [1.807, 2.05) is 0 Å². The van der Waals surface area contributed by atoms with Crippen molar-refractivity contribution in [2.45, 2.75) is 32.8 Å². The summed E-state index contributed by atoms with van der Waals surface area (Å²) in [5.41, 5.74) is 2.72. The fraction of sp³-hybridized carbons (Fsp3) is 0.500. The molecule has 0 saturated carbocycles. The first-order valence-electron chi connectivity index (χ1n) is 4.77. The lowest BCUT2D eigenvalue weighted by molar-refractivity contribution is 0.165. The van der Waals surface area contributed by atoms with Crippen LogP contribution < -0.4 is 0 Å².